The van der Waals surface area contributed by atoms with Crippen LogP contribution in [0.5, 0.6) is 0 Å². The second-order valence-corrected chi connectivity index (χ2v) is 2.67. The van der Waals surface area contributed by atoms with Gasteiger partial charge in [0.2, 0.25) is 0 Å². The van der Waals surface area contributed by atoms with Gasteiger partial charge in [0.15, 0.2) is 5.17 Å². The minimum atomic E-state index is -2.50. The SMILES string of the molecule is ON=C(Cl)c1ccc(C(F)F)cc1. The van der Waals surface area contributed by atoms with E-state index in [0.29, 0.717) is 5.56 Å². The number of hydrogen-bond donors (Lipinski definition) is 1. The molecule has 0 unspecified atom stereocenters. The first kappa shape index (κ1) is 9.92. The molecule has 0 aromatic heterocycles. The molecule has 1 aromatic carbocycles. The molecule has 0 heterocycles. The van der Waals surface area contributed by atoms with Gasteiger partial charge in [-0.05, 0) is 0 Å². The molecule has 1 aromatic rings. The fraction of sp³-hybridized carbons (Fsp3) is 0.125. The Hall–Kier alpha value is -1.16. The van der Waals surface area contributed by atoms with Crippen LogP contribution in [0.4, 0.5) is 8.78 Å². The van der Waals surface area contributed by atoms with Gasteiger partial charge in [-0.1, -0.05) is 41.0 Å². The van der Waals surface area contributed by atoms with Crippen LogP contribution in [0.2, 0.25) is 0 Å². The summed E-state index contributed by atoms with van der Waals surface area (Å²) in [5, 5.41) is 10.9. The van der Waals surface area contributed by atoms with E-state index < -0.39 is 6.43 Å². The van der Waals surface area contributed by atoms with Crippen molar-refractivity contribution in [3.8, 4) is 0 Å². The lowest BCUT2D eigenvalue weighted by Crippen LogP contribution is -1.92. The molecule has 5 heteroatoms. The highest BCUT2D eigenvalue weighted by Crippen LogP contribution is 2.19. The fourth-order valence-electron chi connectivity index (χ4n) is 0.824. The smallest absolute Gasteiger partial charge is 0.263 e. The molecule has 0 fully saturated rings. The molecule has 0 aliphatic rings. The normalized spacial score (nSPS) is 12.2. The summed E-state index contributed by atoms with van der Waals surface area (Å²) < 4.78 is 24.1. The molecular weight excluding hydrogens is 200 g/mol. The number of halogens is 3. The maximum Gasteiger partial charge on any atom is 0.263 e. The molecule has 0 aliphatic carbocycles. The zero-order valence-electron chi connectivity index (χ0n) is 6.42. The molecule has 0 amide bonds. The molecule has 0 atom stereocenters. The van der Waals surface area contributed by atoms with E-state index >= 15 is 0 Å². The molecule has 0 saturated heterocycles. The fourth-order valence-corrected chi connectivity index (χ4v) is 0.950. The predicted molar refractivity (Wildman–Crippen MR) is 45.6 cm³/mol. The van der Waals surface area contributed by atoms with Gasteiger partial charge in [-0.25, -0.2) is 8.78 Å². The summed E-state index contributed by atoms with van der Waals surface area (Å²) in [5.74, 6) is 0. The van der Waals surface area contributed by atoms with E-state index in [1.165, 1.54) is 24.3 Å². The number of rotatable bonds is 2. The number of oxime groups is 1. The summed E-state index contributed by atoms with van der Waals surface area (Å²) in [5.41, 5.74) is 0.305. The van der Waals surface area contributed by atoms with Crippen molar-refractivity contribution in [3.05, 3.63) is 35.4 Å². The summed E-state index contributed by atoms with van der Waals surface area (Å²) in [6.45, 7) is 0. The molecule has 0 radical (unpaired) electrons. The number of nitrogens with zero attached hydrogens (tertiary/aromatic N) is 1. The summed E-state index contributed by atoms with van der Waals surface area (Å²) in [6.07, 6.45) is -2.50. The average Bonchev–Trinajstić information content (AvgIpc) is 2.17. The lowest BCUT2D eigenvalue weighted by molar-refractivity contribution is 0.151. The Morgan fingerprint density at radius 1 is 1.31 bits per heavy atom. The summed E-state index contributed by atoms with van der Waals surface area (Å²) in [4.78, 5) is 0. The molecule has 2 nitrogen and oxygen atoms in total. The number of hydrogen-bond acceptors (Lipinski definition) is 2. The molecule has 1 N–H and O–H groups in total. The zero-order chi connectivity index (χ0) is 9.84. The molecule has 0 bridgehead atoms. The summed E-state index contributed by atoms with van der Waals surface area (Å²) >= 11 is 5.44. The van der Waals surface area contributed by atoms with Crippen LogP contribution in [-0.4, -0.2) is 10.4 Å². The minimum Gasteiger partial charge on any atom is -0.410 e. The highest BCUT2D eigenvalue weighted by atomic mass is 35.5. The van der Waals surface area contributed by atoms with Gasteiger partial charge in [-0.3, -0.25) is 0 Å². The van der Waals surface area contributed by atoms with Crippen molar-refractivity contribution in [1.29, 1.82) is 0 Å². The Labute approximate surface area is 78.4 Å². The van der Waals surface area contributed by atoms with Gasteiger partial charge in [0, 0.05) is 11.1 Å². The predicted octanol–water partition coefficient (Wildman–Crippen LogP) is 3.00. The van der Waals surface area contributed by atoms with Gasteiger partial charge in [-0.2, -0.15) is 0 Å². The largest absolute Gasteiger partial charge is 0.410 e. The number of alkyl halides is 2. The third-order valence-electron chi connectivity index (χ3n) is 1.49. The van der Waals surface area contributed by atoms with E-state index in [1.54, 1.807) is 0 Å². The first-order chi connectivity index (χ1) is 6.15. The van der Waals surface area contributed by atoms with E-state index in [9.17, 15) is 8.78 Å². The molecule has 0 saturated carbocycles. The van der Waals surface area contributed by atoms with Gasteiger partial charge in [0.1, 0.15) is 0 Å². The van der Waals surface area contributed by atoms with Gasteiger partial charge in [0.05, 0.1) is 0 Å². The van der Waals surface area contributed by atoms with Gasteiger partial charge in [0.25, 0.3) is 6.43 Å². The molecule has 0 spiro atoms. The van der Waals surface area contributed by atoms with Crippen LogP contribution < -0.4 is 0 Å². The quantitative estimate of drug-likeness (QED) is 0.449. The lowest BCUT2D eigenvalue weighted by atomic mass is 10.1. The first-order valence-electron chi connectivity index (χ1n) is 3.41. The van der Waals surface area contributed by atoms with Crippen molar-refractivity contribution in [2.75, 3.05) is 0 Å². The monoisotopic (exact) mass is 205 g/mol. The highest BCUT2D eigenvalue weighted by molar-refractivity contribution is 6.69. The van der Waals surface area contributed by atoms with Crippen molar-refractivity contribution in [2.24, 2.45) is 5.16 Å². The second kappa shape index (κ2) is 4.18. The molecule has 1 rings (SSSR count). The summed E-state index contributed by atoms with van der Waals surface area (Å²) in [7, 11) is 0. The molecule has 70 valence electrons. The molecular formula is C8H6ClF2NO. The van der Waals surface area contributed by atoms with Crippen molar-refractivity contribution >= 4 is 16.8 Å². The van der Waals surface area contributed by atoms with Gasteiger partial charge >= 0.3 is 0 Å². The van der Waals surface area contributed by atoms with E-state index in [0.717, 1.165) is 0 Å². The van der Waals surface area contributed by atoms with Crippen LogP contribution in [0, 0.1) is 0 Å². The van der Waals surface area contributed by atoms with Crippen LogP contribution in [0.3, 0.4) is 0 Å². The van der Waals surface area contributed by atoms with Crippen molar-refractivity contribution < 1.29 is 14.0 Å². The molecule has 0 aliphatic heterocycles. The van der Waals surface area contributed by atoms with Crippen molar-refractivity contribution in [1.82, 2.24) is 0 Å². The standard InChI is InChI=1S/C8H6ClF2NO/c9-7(12-13)5-1-3-6(4-2-5)8(10)11/h1-4,8,13H. The van der Waals surface area contributed by atoms with Gasteiger partial charge in [-0.15, -0.1) is 0 Å². The molecule has 13 heavy (non-hydrogen) atoms. The Kier molecular flexibility index (Phi) is 3.19. The van der Waals surface area contributed by atoms with Gasteiger partial charge < -0.3 is 5.21 Å². The van der Waals surface area contributed by atoms with E-state index in [4.69, 9.17) is 16.8 Å². The van der Waals surface area contributed by atoms with Crippen LogP contribution >= 0.6 is 11.6 Å². The third-order valence-corrected chi connectivity index (χ3v) is 1.78. The van der Waals surface area contributed by atoms with Crippen molar-refractivity contribution in [2.45, 2.75) is 6.43 Å². The van der Waals surface area contributed by atoms with Crippen LogP contribution in [-0.2, 0) is 0 Å². The maximum absolute atomic E-state index is 12.1. The number of benzene rings is 1. The topological polar surface area (TPSA) is 32.6 Å². The third kappa shape index (κ3) is 2.39. The zero-order valence-corrected chi connectivity index (χ0v) is 7.17. The Morgan fingerprint density at radius 3 is 2.23 bits per heavy atom. The van der Waals surface area contributed by atoms with Crippen LogP contribution in [0.1, 0.15) is 17.6 Å². The van der Waals surface area contributed by atoms with Crippen LogP contribution in [0.25, 0.3) is 0 Å². The Bertz CT molecular complexity index is 310. The van der Waals surface area contributed by atoms with Crippen molar-refractivity contribution in [3.63, 3.8) is 0 Å². The highest BCUT2D eigenvalue weighted by Gasteiger charge is 2.07. The second-order valence-electron chi connectivity index (χ2n) is 2.31. The average molecular weight is 206 g/mol. The maximum atomic E-state index is 12.1. The lowest BCUT2D eigenvalue weighted by Gasteiger charge is -2.00. The Balaban J connectivity index is 2.94. The first-order valence-corrected chi connectivity index (χ1v) is 3.79. The minimum absolute atomic E-state index is 0.0915. The van der Waals surface area contributed by atoms with E-state index in [2.05, 4.69) is 5.16 Å². The van der Waals surface area contributed by atoms with E-state index in [-0.39, 0.29) is 10.7 Å². The van der Waals surface area contributed by atoms with Crippen LogP contribution in [0.15, 0.2) is 29.4 Å². The summed E-state index contributed by atoms with van der Waals surface area (Å²) in [6, 6.07) is 5.19. The Morgan fingerprint density at radius 2 is 1.85 bits per heavy atom. The van der Waals surface area contributed by atoms with E-state index in [1.807, 2.05) is 0 Å².